The summed E-state index contributed by atoms with van der Waals surface area (Å²) in [5.74, 6) is 1.02. The molecule has 2 unspecified atom stereocenters. The highest BCUT2D eigenvalue weighted by Gasteiger charge is 2.27. The Kier molecular flexibility index (Phi) is 3.42. The summed E-state index contributed by atoms with van der Waals surface area (Å²) in [6, 6.07) is 9.34. The van der Waals surface area contributed by atoms with Crippen LogP contribution in [0.3, 0.4) is 0 Å². The molecule has 0 amide bonds. The summed E-state index contributed by atoms with van der Waals surface area (Å²) >= 11 is 0. The molecule has 0 aliphatic carbocycles. The van der Waals surface area contributed by atoms with E-state index in [-0.39, 0.29) is 0 Å². The number of piperazine rings is 1. The van der Waals surface area contributed by atoms with Gasteiger partial charge in [0.05, 0.1) is 11.0 Å². The molecular weight excluding hydrogens is 236 g/mol. The van der Waals surface area contributed by atoms with E-state index in [9.17, 15) is 0 Å². The third-order valence-corrected chi connectivity index (χ3v) is 4.11. The molecule has 1 fully saturated rings. The van der Waals surface area contributed by atoms with E-state index in [0.717, 1.165) is 42.9 Å². The minimum Gasteiger partial charge on any atom is -0.337 e. The third kappa shape index (κ3) is 2.32. The molecule has 2 atom stereocenters. The van der Waals surface area contributed by atoms with Crippen molar-refractivity contribution in [2.75, 3.05) is 18.0 Å². The standard InChI is InChI=1S/C15H22N4/c1-3-11-10-19(12(4-2)9-16-11)15-17-13-7-5-6-8-14(13)18-15/h5-8,11-12,16H,3-4,9-10H2,1-2H3,(H,17,18). The summed E-state index contributed by atoms with van der Waals surface area (Å²) in [5.41, 5.74) is 2.18. The van der Waals surface area contributed by atoms with E-state index in [1.54, 1.807) is 0 Å². The van der Waals surface area contributed by atoms with Gasteiger partial charge in [-0.05, 0) is 25.0 Å². The van der Waals surface area contributed by atoms with Gasteiger partial charge in [-0.2, -0.15) is 0 Å². The summed E-state index contributed by atoms with van der Waals surface area (Å²) in [4.78, 5) is 10.6. The highest BCUT2D eigenvalue weighted by atomic mass is 15.3. The minimum atomic E-state index is 0.531. The zero-order valence-electron chi connectivity index (χ0n) is 11.7. The van der Waals surface area contributed by atoms with Gasteiger partial charge in [-0.1, -0.05) is 26.0 Å². The molecule has 3 rings (SSSR count). The number of benzene rings is 1. The SMILES string of the molecule is CCC1CN(c2nc3ccccc3[nH]2)C(CC)CN1. The molecular formula is C15H22N4. The minimum absolute atomic E-state index is 0.531. The lowest BCUT2D eigenvalue weighted by Crippen LogP contribution is -2.56. The fourth-order valence-corrected chi connectivity index (χ4v) is 2.84. The number of nitrogens with zero attached hydrogens (tertiary/aromatic N) is 2. The van der Waals surface area contributed by atoms with Gasteiger partial charge in [0.15, 0.2) is 0 Å². The van der Waals surface area contributed by atoms with Gasteiger partial charge in [0.2, 0.25) is 5.95 Å². The molecule has 4 heteroatoms. The molecule has 1 aromatic heterocycles. The lowest BCUT2D eigenvalue weighted by atomic mass is 10.1. The van der Waals surface area contributed by atoms with Crippen molar-refractivity contribution < 1.29 is 0 Å². The first-order valence-corrected chi connectivity index (χ1v) is 7.26. The first kappa shape index (κ1) is 12.5. The number of hydrogen-bond donors (Lipinski definition) is 2. The predicted octanol–water partition coefficient (Wildman–Crippen LogP) is 2.53. The maximum absolute atomic E-state index is 4.75. The molecule has 19 heavy (non-hydrogen) atoms. The van der Waals surface area contributed by atoms with Crippen LogP contribution in [0.25, 0.3) is 11.0 Å². The van der Waals surface area contributed by atoms with Crippen molar-refractivity contribution in [2.45, 2.75) is 38.8 Å². The first-order chi connectivity index (χ1) is 9.31. The molecule has 102 valence electrons. The van der Waals surface area contributed by atoms with Crippen molar-refractivity contribution in [3.05, 3.63) is 24.3 Å². The Labute approximate surface area is 114 Å². The zero-order chi connectivity index (χ0) is 13.2. The van der Waals surface area contributed by atoms with Gasteiger partial charge < -0.3 is 15.2 Å². The summed E-state index contributed by atoms with van der Waals surface area (Å²) < 4.78 is 0. The van der Waals surface area contributed by atoms with Gasteiger partial charge in [0.1, 0.15) is 0 Å². The van der Waals surface area contributed by atoms with E-state index in [1.165, 1.54) is 0 Å². The highest BCUT2D eigenvalue weighted by molar-refractivity contribution is 5.77. The van der Waals surface area contributed by atoms with Crippen molar-refractivity contribution >= 4 is 17.0 Å². The second-order valence-electron chi connectivity index (χ2n) is 5.31. The number of nitrogens with one attached hydrogen (secondary N) is 2. The van der Waals surface area contributed by atoms with E-state index in [0.29, 0.717) is 12.1 Å². The van der Waals surface area contributed by atoms with Crippen LogP contribution in [0.2, 0.25) is 0 Å². The molecule has 1 aliphatic heterocycles. The number of imidazole rings is 1. The Balaban J connectivity index is 1.92. The normalized spacial score (nSPS) is 24.0. The molecule has 0 radical (unpaired) electrons. The Morgan fingerprint density at radius 1 is 1.26 bits per heavy atom. The number of anilines is 1. The number of rotatable bonds is 3. The summed E-state index contributed by atoms with van der Waals surface area (Å²) in [6.45, 7) is 6.57. The van der Waals surface area contributed by atoms with Crippen molar-refractivity contribution in [1.82, 2.24) is 15.3 Å². The van der Waals surface area contributed by atoms with Crippen LogP contribution in [0.1, 0.15) is 26.7 Å². The number of para-hydroxylation sites is 2. The van der Waals surface area contributed by atoms with Crippen molar-refractivity contribution in [3.63, 3.8) is 0 Å². The van der Waals surface area contributed by atoms with Gasteiger partial charge in [0.25, 0.3) is 0 Å². The molecule has 2 aromatic rings. The maximum Gasteiger partial charge on any atom is 0.204 e. The molecule has 4 nitrogen and oxygen atoms in total. The number of aromatic amines is 1. The summed E-state index contributed by atoms with van der Waals surface area (Å²) in [6.07, 6.45) is 2.30. The van der Waals surface area contributed by atoms with Crippen molar-refractivity contribution in [2.24, 2.45) is 0 Å². The summed E-state index contributed by atoms with van der Waals surface area (Å²) in [5, 5.41) is 3.62. The number of H-pyrrole nitrogens is 1. The van der Waals surface area contributed by atoms with E-state index in [1.807, 2.05) is 12.1 Å². The molecule has 1 saturated heterocycles. The number of fused-ring (bicyclic) bond motifs is 1. The van der Waals surface area contributed by atoms with Crippen LogP contribution in [-0.4, -0.2) is 35.1 Å². The smallest absolute Gasteiger partial charge is 0.204 e. The number of aromatic nitrogens is 2. The predicted molar refractivity (Wildman–Crippen MR) is 79.6 cm³/mol. The van der Waals surface area contributed by atoms with Crippen LogP contribution >= 0.6 is 0 Å². The quantitative estimate of drug-likeness (QED) is 0.889. The Morgan fingerprint density at radius 3 is 2.84 bits per heavy atom. The van der Waals surface area contributed by atoms with Gasteiger partial charge in [0, 0.05) is 25.2 Å². The van der Waals surface area contributed by atoms with Crippen LogP contribution in [0.4, 0.5) is 5.95 Å². The van der Waals surface area contributed by atoms with Crippen LogP contribution in [0, 0.1) is 0 Å². The largest absolute Gasteiger partial charge is 0.337 e. The molecule has 2 N–H and O–H groups in total. The molecule has 2 heterocycles. The van der Waals surface area contributed by atoms with Crippen molar-refractivity contribution in [1.29, 1.82) is 0 Å². The molecule has 0 saturated carbocycles. The third-order valence-electron chi connectivity index (χ3n) is 4.11. The average Bonchev–Trinajstić information content (AvgIpc) is 2.90. The van der Waals surface area contributed by atoms with Gasteiger partial charge >= 0.3 is 0 Å². The second-order valence-corrected chi connectivity index (χ2v) is 5.31. The van der Waals surface area contributed by atoms with Gasteiger partial charge in [-0.25, -0.2) is 4.98 Å². The molecule has 0 spiro atoms. The zero-order valence-corrected chi connectivity index (χ0v) is 11.7. The lowest BCUT2D eigenvalue weighted by Gasteiger charge is -2.39. The molecule has 0 bridgehead atoms. The molecule has 1 aromatic carbocycles. The van der Waals surface area contributed by atoms with Crippen LogP contribution in [0.15, 0.2) is 24.3 Å². The van der Waals surface area contributed by atoms with Crippen molar-refractivity contribution in [3.8, 4) is 0 Å². The fourth-order valence-electron chi connectivity index (χ4n) is 2.84. The van der Waals surface area contributed by atoms with Crippen LogP contribution in [0.5, 0.6) is 0 Å². The lowest BCUT2D eigenvalue weighted by molar-refractivity contribution is 0.375. The Bertz CT molecular complexity index is 515. The monoisotopic (exact) mass is 258 g/mol. The molecule has 1 aliphatic rings. The van der Waals surface area contributed by atoms with Crippen LogP contribution < -0.4 is 10.2 Å². The van der Waals surface area contributed by atoms with Gasteiger partial charge in [-0.3, -0.25) is 0 Å². The van der Waals surface area contributed by atoms with E-state index in [4.69, 9.17) is 4.98 Å². The van der Waals surface area contributed by atoms with E-state index >= 15 is 0 Å². The average molecular weight is 258 g/mol. The Hall–Kier alpha value is -1.55. The fraction of sp³-hybridized carbons (Fsp3) is 0.533. The second kappa shape index (κ2) is 5.21. The van der Waals surface area contributed by atoms with Gasteiger partial charge in [-0.15, -0.1) is 0 Å². The summed E-state index contributed by atoms with van der Waals surface area (Å²) in [7, 11) is 0. The van der Waals surface area contributed by atoms with E-state index in [2.05, 4.69) is 41.2 Å². The Morgan fingerprint density at radius 2 is 2.11 bits per heavy atom. The first-order valence-electron chi connectivity index (χ1n) is 7.26. The highest BCUT2D eigenvalue weighted by Crippen LogP contribution is 2.22. The topological polar surface area (TPSA) is 44.0 Å². The van der Waals surface area contributed by atoms with E-state index < -0.39 is 0 Å². The maximum atomic E-state index is 4.75. The number of hydrogen-bond acceptors (Lipinski definition) is 3. The van der Waals surface area contributed by atoms with Crippen LogP contribution in [-0.2, 0) is 0 Å².